The van der Waals surface area contributed by atoms with Crippen LogP contribution in [0.1, 0.15) is 39.5 Å². The number of carbonyl (C=O) groups excluding carboxylic acids is 4. The zero-order chi connectivity index (χ0) is 23.0. The van der Waals surface area contributed by atoms with Crippen LogP contribution in [-0.2, 0) is 29.0 Å². The molecule has 8 nitrogen and oxygen atoms in total. The number of Topliss-reactive ketones (excluding diaryl/α,β-unsaturated/α-hetero) is 2. The van der Waals surface area contributed by atoms with Gasteiger partial charge in [-0.2, -0.15) is 0 Å². The SMILES string of the molecule is CC(=O)CCC(=O)Nc1ccc(S(=O)(=O)c2ccc(NC(=O)CCC(C)=O)cc2)cc1. The lowest BCUT2D eigenvalue weighted by molar-refractivity contribution is -0.121. The molecule has 2 rings (SSSR count). The van der Waals surface area contributed by atoms with Gasteiger partial charge in [0, 0.05) is 37.1 Å². The first kappa shape index (κ1) is 23.9. The summed E-state index contributed by atoms with van der Waals surface area (Å²) < 4.78 is 25.6. The topological polar surface area (TPSA) is 126 Å². The van der Waals surface area contributed by atoms with Crippen LogP contribution in [0.4, 0.5) is 11.4 Å². The van der Waals surface area contributed by atoms with Crippen LogP contribution in [0, 0.1) is 0 Å². The molecule has 0 aromatic heterocycles. The third kappa shape index (κ3) is 7.45. The summed E-state index contributed by atoms with van der Waals surface area (Å²) in [5, 5.41) is 5.22. The summed E-state index contributed by atoms with van der Waals surface area (Å²) in [6.07, 6.45) is 0.414. The fraction of sp³-hybridized carbons (Fsp3) is 0.273. The largest absolute Gasteiger partial charge is 0.326 e. The Morgan fingerprint density at radius 1 is 0.613 bits per heavy atom. The van der Waals surface area contributed by atoms with Crippen LogP contribution in [-0.4, -0.2) is 31.8 Å². The Balaban J connectivity index is 2.04. The molecule has 0 bridgehead atoms. The minimum Gasteiger partial charge on any atom is -0.326 e. The molecule has 2 N–H and O–H groups in total. The van der Waals surface area contributed by atoms with E-state index in [1.807, 2.05) is 0 Å². The van der Waals surface area contributed by atoms with Gasteiger partial charge in [-0.05, 0) is 62.4 Å². The normalized spacial score (nSPS) is 10.9. The van der Waals surface area contributed by atoms with Crippen molar-refractivity contribution in [3.8, 4) is 0 Å². The molecule has 0 fully saturated rings. The van der Waals surface area contributed by atoms with Crippen molar-refractivity contribution < 1.29 is 27.6 Å². The van der Waals surface area contributed by atoms with Gasteiger partial charge in [-0.25, -0.2) is 8.42 Å². The van der Waals surface area contributed by atoms with Crippen molar-refractivity contribution in [2.75, 3.05) is 10.6 Å². The molecule has 0 spiro atoms. The molecule has 2 aromatic carbocycles. The molecule has 31 heavy (non-hydrogen) atoms. The number of amides is 2. The molecule has 2 amide bonds. The highest BCUT2D eigenvalue weighted by atomic mass is 32.2. The number of ketones is 2. The van der Waals surface area contributed by atoms with Crippen molar-refractivity contribution in [2.24, 2.45) is 0 Å². The summed E-state index contributed by atoms with van der Waals surface area (Å²) in [6, 6.07) is 11.4. The number of nitrogens with one attached hydrogen (secondary N) is 2. The van der Waals surface area contributed by atoms with Crippen LogP contribution in [0.5, 0.6) is 0 Å². The molecule has 9 heteroatoms. The molecule has 164 valence electrons. The van der Waals surface area contributed by atoms with Crippen molar-refractivity contribution >= 4 is 44.6 Å². The van der Waals surface area contributed by atoms with E-state index >= 15 is 0 Å². The monoisotopic (exact) mass is 444 g/mol. The lowest BCUT2D eigenvalue weighted by Gasteiger charge is -2.09. The van der Waals surface area contributed by atoms with Gasteiger partial charge in [0.25, 0.3) is 0 Å². The Labute approximate surface area is 181 Å². The molecule has 0 saturated heterocycles. The molecule has 0 aliphatic rings. The fourth-order valence-electron chi connectivity index (χ4n) is 2.60. The predicted octanol–water partition coefficient (Wildman–Crippen LogP) is 3.13. The Morgan fingerprint density at radius 3 is 1.23 bits per heavy atom. The van der Waals surface area contributed by atoms with Gasteiger partial charge in [-0.15, -0.1) is 0 Å². The Morgan fingerprint density at radius 2 is 0.935 bits per heavy atom. The minimum atomic E-state index is -3.79. The highest BCUT2D eigenvalue weighted by molar-refractivity contribution is 7.91. The average Bonchev–Trinajstić information content (AvgIpc) is 2.71. The lowest BCUT2D eigenvalue weighted by atomic mass is 10.2. The van der Waals surface area contributed by atoms with Crippen LogP contribution in [0.25, 0.3) is 0 Å². The van der Waals surface area contributed by atoms with E-state index in [2.05, 4.69) is 10.6 Å². The first-order chi connectivity index (χ1) is 14.6. The summed E-state index contributed by atoms with van der Waals surface area (Å²) in [5.74, 6) is -0.824. The smallest absolute Gasteiger partial charge is 0.224 e. The minimum absolute atomic E-state index is 0.0486. The molecule has 0 aliphatic carbocycles. The van der Waals surface area contributed by atoms with Crippen LogP contribution in [0.15, 0.2) is 58.3 Å². The average molecular weight is 445 g/mol. The summed E-state index contributed by atoms with van der Waals surface area (Å²) in [6.45, 7) is 2.81. The predicted molar refractivity (Wildman–Crippen MR) is 115 cm³/mol. The molecule has 0 saturated carbocycles. The second-order valence-electron chi connectivity index (χ2n) is 7.05. The van der Waals surface area contributed by atoms with E-state index in [9.17, 15) is 27.6 Å². The van der Waals surface area contributed by atoms with Crippen LogP contribution in [0.3, 0.4) is 0 Å². The van der Waals surface area contributed by atoms with Crippen molar-refractivity contribution in [3.63, 3.8) is 0 Å². The molecule has 0 atom stereocenters. The van der Waals surface area contributed by atoms with Gasteiger partial charge < -0.3 is 20.2 Å². The number of rotatable bonds is 10. The van der Waals surface area contributed by atoms with Crippen LogP contribution in [0.2, 0.25) is 0 Å². The van der Waals surface area contributed by atoms with E-state index in [0.29, 0.717) is 11.4 Å². The molecular formula is C22H24N2O6S. The standard InChI is InChI=1S/C22H24N2O6S/c1-15(25)3-13-21(27)23-17-5-9-19(10-6-17)31(29,30)20-11-7-18(8-12-20)24-22(28)14-4-16(2)26/h5-12H,3-4,13-14H2,1-2H3,(H,23,27)(H,24,28). The second-order valence-corrected chi connectivity index (χ2v) is 9.00. The molecule has 0 heterocycles. The third-order valence-corrected chi connectivity index (χ3v) is 6.09. The van der Waals surface area contributed by atoms with Gasteiger partial charge in [0.1, 0.15) is 11.6 Å². The lowest BCUT2D eigenvalue weighted by Crippen LogP contribution is -2.13. The van der Waals surface area contributed by atoms with E-state index in [1.165, 1.54) is 62.4 Å². The summed E-state index contributed by atoms with van der Waals surface area (Å²) in [4.78, 5) is 45.5. The maximum atomic E-state index is 12.8. The van der Waals surface area contributed by atoms with Gasteiger partial charge in [0.05, 0.1) is 9.79 Å². The number of hydrogen-bond acceptors (Lipinski definition) is 6. The van der Waals surface area contributed by atoms with E-state index in [-0.39, 0.29) is 58.9 Å². The Kier molecular flexibility index (Phi) is 8.21. The third-order valence-electron chi connectivity index (χ3n) is 4.30. The van der Waals surface area contributed by atoms with E-state index < -0.39 is 9.84 Å². The van der Waals surface area contributed by atoms with Gasteiger partial charge >= 0.3 is 0 Å². The highest BCUT2D eigenvalue weighted by Gasteiger charge is 2.18. The van der Waals surface area contributed by atoms with Gasteiger partial charge in [-0.3, -0.25) is 9.59 Å². The van der Waals surface area contributed by atoms with Crippen molar-refractivity contribution in [1.82, 2.24) is 0 Å². The fourth-order valence-corrected chi connectivity index (χ4v) is 3.86. The first-order valence-corrected chi connectivity index (χ1v) is 11.1. The Hall–Kier alpha value is -3.33. The maximum absolute atomic E-state index is 12.8. The van der Waals surface area contributed by atoms with Gasteiger partial charge in [0.2, 0.25) is 21.7 Å². The van der Waals surface area contributed by atoms with Gasteiger partial charge in [-0.1, -0.05) is 0 Å². The van der Waals surface area contributed by atoms with Crippen LogP contribution < -0.4 is 10.6 Å². The molecular weight excluding hydrogens is 420 g/mol. The van der Waals surface area contributed by atoms with E-state index in [4.69, 9.17) is 0 Å². The molecule has 2 aromatic rings. The molecule has 0 aliphatic heterocycles. The number of sulfone groups is 1. The number of hydrogen-bond donors (Lipinski definition) is 2. The number of benzene rings is 2. The van der Waals surface area contributed by atoms with E-state index in [0.717, 1.165) is 0 Å². The summed E-state index contributed by atoms with van der Waals surface area (Å²) in [7, 11) is -3.79. The maximum Gasteiger partial charge on any atom is 0.224 e. The van der Waals surface area contributed by atoms with Crippen LogP contribution >= 0.6 is 0 Å². The number of anilines is 2. The van der Waals surface area contributed by atoms with E-state index in [1.54, 1.807) is 0 Å². The van der Waals surface area contributed by atoms with Crippen molar-refractivity contribution in [2.45, 2.75) is 49.3 Å². The summed E-state index contributed by atoms with van der Waals surface area (Å²) in [5.41, 5.74) is 0.854. The quantitative estimate of drug-likeness (QED) is 0.580. The highest BCUT2D eigenvalue weighted by Crippen LogP contribution is 2.24. The van der Waals surface area contributed by atoms with Crippen molar-refractivity contribution in [3.05, 3.63) is 48.5 Å². The summed E-state index contributed by atoms with van der Waals surface area (Å²) >= 11 is 0. The Bertz CT molecular complexity index is 992. The van der Waals surface area contributed by atoms with Crippen molar-refractivity contribution in [1.29, 1.82) is 0 Å². The number of carbonyl (C=O) groups is 4. The molecule has 0 radical (unpaired) electrons. The molecule has 0 unspecified atom stereocenters. The zero-order valence-corrected chi connectivity index (χ0v) is 18.1. The zero-order valence-electron chi connectivity index (χ0n) is 17.3. The van der Waals surface area contributed by atoms with Gasteiger partial charge in [0.15, 0.2) is 0 Å². The first-order valence-electron chi connectivity index (χ1n) is 9.62. The second kappa shape index (κ2) is 10.6.